The number of hydrogen-bond donors (Lipinski definition) is 2. The van der Waals surface area contributed by atoms with Crippen LogP contribution in [-0.2, 0) is 37.3 Å². The van der Waals surface area contributed by atoms with E-state index in [-0.39, 0.29) is 54.7 Å². The molecule has 1 aromatic heterocycles. The Labute approximate surface area is 295 Å². The van der Waals surface area contributed by atoms with Gasteiger partial charge in [-0.15, -0.1) is 0 Å². The van der Waals surface area contributed by atoms with Gasteiger partial charge in [0.2, 0.25) is 11.9 Å². The first-order valence-corrected chi connectivity index (χ1v) is 18.6. The highest BCUT2D eigenvalue weighted by Crippen LogP contribution is 2.52. The van der Waals surface area contributed by atoms with E-state index in [0.717, 1.165) is 36.8 Å². The summed E-state index contributed by atoms with van der Waals surface area (Å²) in [5.74, 6) is -0.535. The van der Waals surface area contributed by atoms with Gasteiger partial charge in [-0.05, 0) is 80.3 Å². The third-order valence-corrected chi connectivity index (χ3v) is 11.2. The molecule has 0 spiro atoms. The number of methoxy groups -OCH3 is 1. The highest BCUT2D eigenvalue weighted by molar-refractivity contribution is 7.53. The molecule has 0 bridgehead atoms. The largest absolute Gasteiger partial charge is 0.495 e. The van der Waals surface area contributed by atoms with Crippen molar-refractivity contribution >= 4 is 42.6 Å². The average Bonchev–Trinajstić information content (AvgIpc) is 3.38. The van der Waals surface area contributed by atoms with Crippen molar-refractivity contribution in [2.45, 2.75) is 64.3 Å². The van der Waals surface area contributed by atoms with Crippen molar-refractivity contribution in [3.63, 3.8) is 0 Å². The summed E-state index contributed by atoms with van der Waals surface area (Å²) in [6, 6.07) is 8.38. The van der Waals surface area contributed by atoms with Gasteiger partial charge < -0.3 is 34.2 Å². The Morgan fingerprint density at radius 3 is 2.31 bits per heavy atom. The molecule has 51 heavy (non-hydrogen) atoms. The fourth-order valence-corrected chi connectivity index (χ4v) is 8.44. The topological polar surface area (TPSA) is 135 Å². The van der Waals surface area contributed by atoms with Crippen LogP contribution in [-0.4, -0.2) is 73.0 Å². The maximum absolute atomic E-state index is 14.3. The molecule has 3 aromatic rings. The lowest BCUT2D eigenvalue weighted by Crippen LogP contribution is -2.32. The van der Waals surface area contributed by atoms with Gasteiger partial charge >= 0.3 is 13.8 Å². The first-order chi connectivity index (χ1) is 24.2. The summed E-state index contributed by atoms with van der Waals surface area (Å²) in [5.41, 5.74) is 2.07. The second-order valence-corrected chi connectivity index (χ2v) is 14.9. The number of benzene rings is 2. The predicted octanol–water partition coefficient (Wildman–Crippen LogP) is 7.70. The van der Waals surface area contributed by atoms with Crippen LogP contribution in [0.1, 0.15) is 78.1 Å². The minimum atomic E-state index is -4.80. The van der Waals surface area contributed by atoms with Gasteiger partial charge in [-0.25, -0.2) is 4.98 Å². The van der Waals surface area contributed by atoms with Crippen molar-refractivity contribution in [1.29, 1.82) is 0 Å². The van der Waals surface area contributed by atoms with Crippen LogP contribution < -0.4 is 15.4 Å². The van der Waals surface area contributed by atoms with Crippen LogP contribution in [0.15, 0.2) is 36.5 Å². The summed E-state index contributed by atoms with van der Waals surface area (Å²) in [7, 11) is 3.16. The summed E-state index contributed by atoms with van der Waals surface area (Å²) in [4.78, 5) is 37.2. The molecule has 1 aliphatic carbocycles. The number of carbonyl (C=O) groups excluding carboxylic acids is 2. The third-order valence-electron chi connectivity index (χ3n) is 9.15. The number of aromatic nitrogens is 2. The van der Waals surface area contributed by atoms with Crippen LogP contribution in [0.2, 0.25) is 0 Å². The van der Waals surface area contributed by atoms with Crippen molar-refractivity contribution in [2.75, 3.05) is 52.1 Å². The molecular formula is C35H44F3N6O6P. The third kappa shape index (κ3) is 8.48. The van der Waals surface area contributed by atoms with E-state index >= 15 is 0 Å². The summed E-state index contributed by atoms with van der Waals surface area (Å²) in [5, 5.41) is 5.73. The summed E-state index contributed by atoms with van der Waals surface area (Å²) < 4.78 is 72.2. The number of amides is 2. The number of hydrogen-bond acceptors (Lipinski definition) is 10. The van der Waals surface area contributed by atoms with Crippen LogP contribution in [0.25, 0.3) is 0 Å². The summed E-state index contributed by atoms with van der Waals surface area (Å²) in [6.45, 7) is 4.16. The molecule has 1 saturated carbocycles. The number of nitrogens with zero attached hydrogens (tertiary/aromatic N) is 4. The minimum absolute atomic E-state index is 0.00934. The van der Waals surface area contributed by atoms with Crippen LogP contribution in [0.3, 0.4) is 0 Å². The van der Waals surface area contributed by atoms with E-state index in [1.165, 1.54) is 12.0 Å². The number of halogens is 3. The normalized spacial score (nSPS) is 17.7. The second-order valence-electron chi connectivity index (χ2n) is 12.8. The van der Waals surface area contributed by atoms with Crippen molar-refractivity contribution < 1.29 is 41.1 Å². The van der Waals surface area contributed by atoms with Gasteiger partial charge in [-0.1, -0.05) is 12.1 Å². The number of nitrogens with one attached hydrogen (secondary N) is 2. The molecule has 2 N–H and O–H groups in total. The van der Waals surface area contributed by atoms with Crippen molar-refractivity contribution in [2.24, 2.45) is 5.92 Å². The molecule has 12 nitrogen and oxygen atoms in total. The molecule has 2 aromatic carbocycles. The van der Waals surface area contributed by atoms with E-state index in [4.69, 9.17) is 13.8 Å². The van der Waals surface area contributed by atoms with Gasteiger partial charge in [0.15, 0.2) is 0 Å². The van der Waals surface area contributed by atoms with Gasteiger partial charge in [-0.3, -0.25) is 14.2 Å². The first kappa shape index (κ1) is 38.0. The molecule has 1 aliphatic heterocycles. The lowest BCUT2D eigenvalue weighted by atomic mass is 9.76. The fraction of sp³-hybridized carbons (Fsp3) is 0.486. The number of anilines is 4. The van der Waals surface area contributed by atoms with E-state index in [1.807, 2.05) is 6.07 Å². The molecule has 0 saturated heterocycles. The molecular weight excluding hydrogens is 688 g/mol. The quantitative estimate of drug-likeness (QED) is 0.168. The molecule has 0 radical (unpaired) electrons. The van der Waals surface area contributed by atoms with E-state index in [0.29, 0.717) is 35.3 Å². The lowest BCUT2D eigenvalue weighted by molar-refractivity contribution is -0.137. The predicted molar refractivity (Wildman–Crippen MR) is 187 cm³/mol. The molecule has 5 rings (SSSR count). The van der Waals surface area contributed by atoms with Crippen LogP contribution in [0.4, 0.5) is 36.3 Å². The standard InChI is InChI=1S/C35H44F3N6O6P/c1-7-49-51(47,50-8-2)20-21-9-15-27(29(17-21)48-6)41-34-39-18-26(35(36,37)38)31(42-34)40-28-16-14-24(25-19-44(5)33(46)30(25)28)22-10-12-23(13-11-22)32(45)43(3)4/h9,14-18,22-23H,7-8,10-13,19-20H2,1-6H3,(H2,39,40,41,42)/t22-,23+. The highest BCUT2D eigenvalue weighted by Gasteiger charge is 2.38. The Bertz CT molecular complexity index is 1810. The van der Waals surface area contributed by atoms with Crippen molar-refractivity contribution in [3.05, 3.63) is 64.3 Å². The smallest absolute Gasteiger partial charge is 0.421 e. The van der Waals surface area contributed by atoms with Crippen LogP contribution in [0.5, 0.6) is 5.75 Å². The van der Waals surface area contributed by atoms with Gasteiger partial charge in [0.05, 0.1) is 43.4 Å². The Morgan fingerprint density at radius 1 is 1.04 bits per heavy atom. The van der Waals surface area contributed by atoms with E-state index in [1.54, 1.807) is 64.2 Å². The van der Waals surface area contributed by atoms with Gasteiger partial charge in [-0.2, -0.15) is 18.2 Å². The molecule has 16 heteroatoms. The zero-order chi connectivity index (χ0) is 37.1. The SMILES string of the molecule is CCOP(=O)(Cc1ccc(Nc2ncc(C(F)(F)F)c(Nc3ccc([C@H]4CC[C@@H](C(=O)N(C)C)CC4)c4c3C(=O)N(C)C4)n2)c(OC)c1)OCC. The maximum atomic E-state index is 14.3. The number of carbonyl (C=O) groups is 2. The molecule has 2 aliphatic rings. The van der Waals surface area contributed by atoms with E-state index in [9.17, 15) is 27.3 Å². The molecule has 1 fully saturated rings. The maximum Gasteiger partial charge on any atom is 0.421 e. The van der Waals surface area contributed by atoms with E-state index in [2.05, 4.69) is 20.6 Å². The minimum Gasteiger partial charge on any atom is -0.495 e. The number of fused-ring (bicyclic) bond motifs is 1. The Morgan fingerprint density at radius 2 is 1.71 bits per heavy atom. The Balaban J connectivity index is 1.44. The molecule has 2 heterocycles. The Hall–Kier alpha value is -4.20. The monoisotopic (exact) mass is 732 g/mol. The first-order valence-electron chi connectivity index (χ1n) is 16.8. The lowest BCUT2D eigenvalue weighted by Gasteiger charge is -2.30. The van der Waals surface area contributed by atoms with Crippen LogP contribution in [0, 0.1) is 5.92 Å². The number of alkyl halides is 3. The van der Waals surface area contributed by atoms with E-state index < -0.39 is 25.2 Å². The van der Waals surface area contributed by atoms with Gasteiger partial charge in [0.25, 0.3) is 5.91 Å². The summed E-state index contributed by atoms with van der Waals surface area (Å²) in [6.07, 6.45) is -1.16. The van der Waals surface area contributed by atoms with Crippen molar-refractivity contribution in [3.8, 4) is 5.75 Å². The van der Waals surface area contributed by atoms with Gasteiger partial charge in [0.1, 0.15) is 17.1 Å². The molecule has 0 atom stereocenters. The van der Waals surface area contributed by atoms with Crippen molar-refractivity contribution in [1.82, 2.24) is 19.8 Å². The van der Waals surface area contributed by atoms with Gasteiger partial charge in [0, 0.05) is 39.8 Å². The zero-order valence-electron chi connectivity index (χ0n) is 29.6. The average molecular weight is 733 g/mol. The number of ether oxygens (including phenoxy) is 1. The summed E-state index contributed by atoms with van der Waals surface area (Å²) >= 11 is 0. The second kappa shape index (κ2) is 15.6. The molecule has 2 amide bonds. The highest BCUT2D eigenvalue weighted by atomic mass is 31.2. The fourth-order valence-electron chi connectivity index (χ4n) is 6.76. The molecule has 276 valence electrons. The number of rotatable bonds is 13. The van der Waals surface area contributed by atoms with Crippen LogP contribution >= 0.6 is 7.60 Å². The Kier molecular flexibility index (Phi) is 11.6. The molecule has 0 unspecified atom stereocenters. The zero-order valence-corrected chi connectivity index (χ0v) is 30.5.